The Bertz CT molecular complexity index is 747. The van der Waals surface area contributed by atoms with Crippen LogP contribution in [0.15, 0.2) is 58.1 Å². The van der Waals surface area contributed by atoms with Crippen molar-refractivity contribution in [3.8, 4) is 0 Å². The Hall–Kier alpha value is -2.35. The minimum Gasteiger partial charge on any atom is -0.376 e. The Labute approximate surface area is 144 Å². The van der Waals surface area contributed by atoms with Gasteiger partial charge in [-0.25, -0.2) is 5.43 Å². The van der Waals surface area contributed by atoms with Gasteiger partial charge in [0.2, 0.25) is 0 Å². The van der Waals surface area contributed by atoms with Crippen molar-refractivity contribution in [1.29, 1.82) is 0 Å². The SMILES string of the molecule is O=C(CNc1cccc(C(F)(F)F)c1)NN=Cc1cccc(Br)c1. The first-order chi connectivity index (χ1) is 11.3. The highest BCUT2D eigenvalue weighted by molar-refractivity contribution is 9.10. The van der Waals surface area contributed by atoms with E-state index in [1.165, 1.54) is 18.3 Å². The van der Waals surface area contributed by atoms with Crippen molar-refractivity contribution in [1.82, 2.24) is 5.43 Å². The number of carbonyl (C=O) groups is 1. The van der Waals surface area contributed by atoms with Gasteiger partial charge in [-0.1, -0.05) is 34.1 Å². The second kappa shape index (κ2) is 7.96. The lowest BCUT2D eigenvalue weighted by Gasteiger charge is -2.10. The van der Waals surface area contributed by atoms with Gasteiger partial charge < -0.3 is 5.32 Å². The maximum absolute atomic E-state index is 12.6. The Morgan fingerprint density at radius 1 is 1.17 bits per heavy atom. The van der Waals surface area contributed by atoms with Crippen molar-refractivity contribution >= 4 is 33.7 Å². The highest BCUT2D eigenvalue weighted by atomic mass is 79.9. The largest absolute Gasteiger partial charge is 0.416 e. The molecule has 24 heavy (non-hydrogen) atoms. The molecule has 2 N–H and O–H groups in total. The van der Waals surface area contributed by atoms with E-state index in [9.17, 15) is 18.0 Å². The van der Waals surface area contributed by atoms with Crippen molar-refractivity contribution in [3.05, 3.63) is 64.1 Å². The highest BCUT2D eigenvalue weighted by Gasteiger charge is 2.30. The molecule has 0 heterocycles. The molecule has 0 saturated heterocycles. The van der Waals surface area contributed by atoms with Crippen LogP contribution in [0.4, 0.5) is 18.9 Å². The van der Waals surface area contributed by atoms with Gasteiger partial charge >= 0.3 is 6.18 Å². The molecule has 2 aromatic carbocycles. The Kier molecular flexibility index (Phi) is 5.97. The molecule has 8 heteroatoms. The zero-order valence-corrected chi connectivity index (χ0v) is 13.9. The van der Waals surface area contributed by atoms with Gasteiger partial charge in [-0.2, -0.15) is 18.3 Å². The van der Waals surface area contributed by atoms with Crippen LogP contribution >= 0.6 is 15.9 Å². The summed E-state index contributed by atoms with van der Waals surface area (Å²) in [5, 5.41) is 6.41. The highest BCUT2D eigenvalue weighted by Crippen LogP contribution is 2.30. The molecule has 0 radical (unpaired) electrons. The van der Waals surface area contributed by atoms with Crippen molar-refractivity contribution in [3.63, 3.8) is 0 Å². The van der Waals surface area contributed by atoms with Crippen molar-refractivity contribution < 1.29 is 18.0 Å². The van der Waals surface area contributed by atoms with E-state index < -0.39 is 17.6 Å². The third-order valence-electron chi connectivity index (χ3n) is 2.89. The summed E-state index contributed by atoms with van der Waals surface area (Å²) < 4.78 is 38.7. The molecule has 1 amide bonds. The average molecular weight is 400 g/mol. The van der Waals surface area contributed by atoms with Crippen LogP contribution in [0.5, 0.6) is 0 Å². The molecule has 0 aromatic heterocycles. The Morgan fingerprint density at radius 3 is 2.62 bits per heavy atom. The average Bonchev–Trinajstić information content (AvgIpc) is 2.52. The monoisotopic (exact) mass is 399 g/mol. The topological polar surface area (TPSA) is 53.5 Å². The normalized spacial score (nSPS) is 11.5. The fourth-order valence-electron chi connectivity index (χ4n) is 1.79. The summed E-state index contributed by atoms with van der Waals surface area (Å²) in [6.07, 6.45) is -2.96. The molecule has 0 atom stereocenters. The minimum atomic E-state index is -4.42. The number of halogens is 4. The van der Waals surface area contributed by atoms with Crippen molar-refractivity contribution in [2.75, 3.05) is 11.9 Å². The van der Waals surface area contributed by atoms with Crippen LogP contribution < -0.4 is 10.7 Å². The number of hydrogen-bond donors (Lipinski definition) is 2. The molecule has 0 fully saturated rings. The second-order valence-corrected chi connectivity index (χ2v) is 5.70. The lowest BCUT2D eigenvalue weighted by Crippen LogP contribution is -2.26. The number of alkyl halides is 3. The molecule has 0 saturated carbocycles. The summed E-state index contributed by atoms with van der Waals surface area (Å²) in [5.41, 5.74) is 2.51. The lowest BCUT2D eigenvalue weighted by atomic mass is 10.2. The molecule has 0 aliphatic carbocycles. The van der Waals surface area contributed by atoms with Crippen LogP contribution in [0.25, 0.3) is 0 Å². The number of hydrazone groups is 1. The number of nitrogens with zero attached hydrogens (tertiary/aromatic N) is 1. The Balaban J connectivity index is 1.85. The summed E-state index contributed by atoms with van der Waals surface area (Å²) in [4.78, 5) is 11.6. The third kappa shape index (κ3) is 5.69. The van der Waals surface area contributed by atoms with E-state index in [0.717, 1.165) is 22.2 Å². The quantitative estimate of drug-likeness (QED) is 0.588. The molecule has 126 valence electrons. The first-order valence-corrected chi connectivity index (χ1v) is 7.62. The second-order valence-electron chi connectivity index (χ2n) is 4.78. The van der Waals surface area contributed by atoms with Crippen molar-refractivity contribution in [2.45, 2.75) is 6.18 Å². The lowest BCUT2D eigenvalue weighted by molar-refractivity contribution is -0.137. The first-order valence-electron chi connectivity index (χ1n) is 6.83. The van der Waals surface area contributed by atoms with E-state index in [2.05, 4.69) is 31.8 Å². The molecular formula is C16H13BrF3N3O. The molecule has 2 rings (SSSR count). The predicted octanol–water partition coefficient (Wildman–Crippen LogP) is 4.03. The van der Waals surface area contributed by atoms with Gasteiger partial charge in [-0.3, -0.25) is 4.79 Å². The van der Waals surface area contributed by atoms with Crippen LogP contribution in [-0.4, -0.2) is 18.7 Å². The number of rotatable bonds is 5. The van der Waals surface area contributed by atoms with Crippen LogP contribution in [0.2, 0.25) is 0 Å². The molecule has 4 nitrogen and oxygen atoms in total. The summed E-state index contributed by atoms with van der Waals surface area (Å²) in [7, 11) is 0. The smallest absolute Gasteiger partial charge is 0.376 e. The maximum atomic E-state index is 12.6. The number of hydrogen-bond acceptors (Lipinski definition) is 3. The molecule has 0 aliphatic rings. The third-order valence-corrected chi connectivity index (χ3v) is 3.39. The summed E-state index contributed by atoms with van der Waals surface area (Å²) in [6, 6.07) is 11.9. The van der Waals surface area contributed by atoms with Gasteiger partial charge in [0.25, 0.3) is 5.91 Å². The fraction of sp³-hybridized carbons (Fsp3) is 0.125. The zero-order chi connectivity index (χ0) is 17.6. The number of anilines is 1. The summed E-state index contributed by atoms with van der Waals surface area (Å²) in [5.74, 6) is -0.473. The Morgan fingerprint density at radius 2 is 1.92 bits per heavy atom. The zero-order valence-electron chi connectivity index (χ0n) is 12.3. The maximum Gasteiger partial charge on any atom is 0.416 e. The van der Waals surface area contributed by atoms with E-state index in [0.29, 0.717) is 0 Å². The van der Waals surface area contributed by atoms with Gasteiger partial charge in [0.15, 0.2) is 0 Å². The number of nitrogens with one attached hydrogen (secondary N) is 2. The molecule has 0 unspecified atom stereocenters. The molecule has 0 bridgehead atoms. The van der Waals surface area contributed by atoms with Gasteiger partial charge in [0.05, 0.1) is 18.3 Å². The summed E-state index contributed by atoms with van der Waals surface area (Å²) >= 11 is 3.31. The van der Waals surface area contributed by atoms with Crippen LogP contribution in [0.3, 0.4) is 0 Å². The number of benzene rings is 2. The molecular weight excluding hydrogens is 387 g/mol. The van der Waals surface area contributed by atoms with Crippen LogP contribution in [0, 0.1) is 0 Å². The fourth-order valence-corrected chi connectivity index (χ4v) is 2.21. The summed E-state index contributed by atoms with van der Waals surface area (Å²) in [6.45, 7) is -0.197. The van der Waals surface area contributed by atoms with Gasteiger partial charge in [0, 0.05) is 10.2 Å². The van der Waals surface area contributed by atoms with E-state index in [1.54, 1.807) is 6.07 Å². The van der Waals surface area contributed by atoms with E-state index in [1.807, 2.05) is 18.2 Å². The predicted molar refractivity (Wildman–Crippen MR) is 89.8 cm³/mol. The molecule has 2 aromatic rings. The minimum absolute atomic E-state index is 0.197. The first kappa shape index (κ1) is 18.0. The molecule has 0 aliphatic heterocycles. The number of carbonyl (C=O) groups excluding carboxylic acids is 1. The van der Waals surface area contributed by atoms with Crippen molar-refractivity contribution in [2.24, 2.45) is 5.10 Å². The molecule has 0 spiro atoms. The number of amides is 1. The standard InChI is InChI=1S/C16H13BrF3N3O/c17-13-5-1-3-11(7-13)9-22-23-15(24)10-21-14-6-2-4-12(8-14)16(18,19)20/h1-9,21H,10H2,(H,23,24). The van der Waals surface area contributed by atoms with E-state index >= 15 is 0 Å². The van der Waals surface area contributed by atoms with Crippen LogP contribution in [0.1, 0.15) is 11.1 Å². The van der Waals surface area contributed by atoms with Crippen LogP contribution in [-0.2, 0) is 11.0 Å². The van der Waals surface area contributed by atoms with Gasteiger partial charge in [0.1, 0.15) is 0 Å². The van der Waals surface area contributed by atoms with E-state index in [4.69, 9.17) is 0 Å². The van der Waals surface area contributed by atoms with Gasteiger partial charge in [-0.05, 0) is 35.9 Å². The van der Waals surface area contributed by atoms with Gasteiger partial charge in [-0.15, -0.1) is 0 Å². The van der Waals surface area contributed by atoms with E-state index in [-0.39, 0.29) is 12.2 Å².